The van der Waals surface area contributed by atoms with E-state index in [1.807, 2.05) is 53.2 Å². The molecule has 154 valence electrons. The molecule has 1 N–H and O–H groups in total. The lowest BCUT2D eigenvalue weighted by atomic mass is 10.1. The number of carbonyl (C=O) groups excluding carboxylic acids is 1. The SMILES string of the molecule is N#CCCn1cc(/C=C/C(=O)Nc2nnc(SCc3ccccc3)s2)c2ccccc21. The standard InChI is InChI=1S/C23H19N5OS2/c24-13-6-14-28-15-18(19-9-4-5-10-20(19)28)11-12-21(29)25-22-26-27-23(31-22)30-16-17-7-2-1-3-8-17/h1-5,7-12,15H,6,14,16H2,(H,25,26,29)/b12-11+. The number of fused-ring (bicyclic) bond motifs is 1. The van der Waals surface area contributed by atoms with Crippen LogP contribution in [0.5, 0.6) is 0 Å². The van der Waals surface area contributed by atoms with E-state index in [4.69, 9.17) is 5.26 Å². The van der Waals surface area contributed by atoms with Crippen molar-refractivity contribution < 1.29 is 4.79 Å². The monoisotopic (exact) mass is 445 g/mol. The van der Waals surface area contributed by atoms with E-state index < -0.39 is 0 Å². The van der Waals surface area contributed by atoms with Crippen molar-refractivity contribution in [2.75, 3.05) is 5.32 Å². The van der Waals surface area contributed by atoms with E-state index >= 15 is 0 Å². The lowest BCUT2D eigenvalue weighted by molar-refractivity contribution is -0.111. The molecule has 4 aromatic rings. The number of nitrogens with zero attached hydrogens (tertiary/aromatic N) is 4. The molecule has 0 aliphatic carbocycles. The molecule has 0 radical (unpaired) electrons. The second-order valence-corrected chi connectivity index (χ2v) is 8.87. The maximum Gasteiger partial charge on any atom is 0.250 e. The highest BCUT2D eigenvalue weighted by Crippen LogP contribution is 2.28. The first kappa shape index (κ1) is 20.8. The first-order chi connectivity index (χ1) is 15.2. The van der Waals surface area contributed by atoms with Crippen LogP contribution in [0, 0.1) is 11.3 Å². The Kier molecular flexibility index (Phi) is 6.77. The summed E-state index contributed by atoms with van der Waals surface area (Å²) in [6, 6.07) is 20.3. The lowest BCUT2D eigenvalue weighted by Gasteiger charge is -2.00. The van der Waals surface area contributed by atoms with Crippen molar-refractivity contribution in [3.05, 3.63) is 78.0 Å². The van der Waals surface area contributed by atoms with Gasteiger partial charge in [-0.25, -0.2) is 0 Å². The van der Waals surface area contributed by atoms with Gasteiger partial charge in [-0.05, 0) is 17.7 Å². The third kappa shape index (κ3) is 5.40. The van der Waals surface area contributed by atoms with Gasteiger partial charge in [-0.2, -0.15) is 5.26 Å². The molecular weight excluding hydrogens is 426 g/mol. The van der Waals surface area contributed by atoms with E-state index in [0.29, 0.717) is 18.1 Å². The number of aryl methyl sites for hydroxylation is 1. The minimum atomic E-state index is -0.260. The molecule has 4 rings (SSSR count). The third-order valence-corrected chi connectivity index (χ3v) is 6.58. The van der Waals surface area contributed by atoms with E-state index in [1.165, 1.54) is 23.0 Å². The number of thioether (sulfide) groups is 1. The number of rotatable bonds is 8. The summed E-state index contributed by atoms with van der Waals surface area (Å²) in [7, 11) is 0. The Labute approximate surface area is 188 Å². The van der Waals surface area contributed by atoms with Crippen molar-refractivity contribution in [3.63, 3.8) is 0 Å². The van der Waals surface area contributed by atoms with Gasteiger partial charge in [0.05, 0.1) is 12.5 Å². The Morgan fingerprint density at radius 1 is 1.16 bits per heavy atom. The van der Waals surface area contributed by atoms with Crippen LogP contribution in [0.15, 0.2) is 71.2 Å². The molecule has 2 aromatic heterocycles. The minimum Gasteiger partial charge on any atom is -0.346 e. The maximum absolute atomic E-state index is 12.4. The number of anilines is 1. The second kappa shape index (κ2) is 10.1. The number of nitrogens with one attached hydrogen (secondary N) is 1. The summed E-state index contributed by atoms with van der Waals surface area (Å²) in [5.74, 6) is 0.545. The Balaban J connectivity index is 1.39. The highest BCUT2D eigenvalue weighted by atomic mass is 32.2. The molecular formula is C23H19N5OS2. The molecule has 0 aliphatic rings. The molecule has 6 nitrogen and oxygen atoms in total. The number of carbonyl (C=O) groups is 1. The van der Waals surface area contributed by atoms with Crippen LogP contribution in [0.2, 0.25) is 0 Å². The zero-order chi connectivity index (χ0) is 21.5. The summed E-state index contributed by atoms with van der Waals surface area (Å²) in [5, 5.41) is 21.4. The summed E-state index contributed by atoms with van der Waals surface area (Å²) in [6.45, 7) is 0.616. The van der Waals surface area contributed by atoms with Gasteiger partial charge in [0.1, 0.15) is 0 Å². The smallest absolute Gasteiger partial charge is 0.250 e. The van der Waals surface area contributed by atoms with Gasteiger partial charge in [-0.1, -0.05) is 71.6 Å². The summed E-state index contributed by atoms with van der Waals surface area (Å²) in [4.78, 5) is 12.4. The maximum atomic E-state index is 12.4. The predicted octanol–water partition coefficient (Wildman–Crippen LogP) is 5.35. The van der Waals surface area contributed by atoms with Gasteiger partial charge < -0.3 is 4.57 Å². The van der Waals surface area contributed by atoms with Crippen molar-refractivity contribution in [2.24, 2.45) is 0 Å². The fourth-order valence-corrected chi connectivity index (χ4v) is 4.82. The molecule has 0 aliphatic heterocycles. The molecule has 2 heterocycles. The number of nitriles is 1. The molecule has 0 saturated carbocycles. The third-order valence-electron chi connectivity index (χ3n) is 4.54. The number of hydrogen-bond donors (Lipinski definition) is 1. The Morgan fingerprint density at radius 3 is 2.81 bits per heavy atom. The molecule has 1 amide bonds. The zero-order valence-corrected chi connectivity index (χ0v) is 18.2. The first-order valence-corrected chi connectivity index (χ1v) is 11.5. The van der Waals surface area contributed by atoms with Gasteiger partial charge in [0.15, 0.2) is 4.34 Å². The van der Waals surface area contributed by atoms with Crippen LogP contribution in [0.4, 0.5) is 5.13 Å². The Morgan fingerprint density at radius 2 is 1.97 bits per heavy atom. The van der Waals surface area contributed by atoms with Crippen molar-refractivity contribution in [3.8, 4) is 6.07 Å². The molecule has 2 aromatic carbocycles. The van der Waals surface area contributed by atoms with E-state index in [9.17, 15) is 4.79 Å². The highest BCUT2D eigenvalue weighted by molar-refractivity contribution is 8.00. The van der Waals surface area contributed by atoms with Crippen LogP contribution < -0.4 is 5.32 Å². The van der Waals surface area contributed by atoms with Crippen molar-refractivity contribution in [1.29, 1.82) is 5.26 Å². The van der Waals surface area contributed by atoms with E-state index in [0.717, 1.165) is 26.6 Å². The predicted molar refractivity (Wildman–Crippen MR) is 126 cm³/mol. The molecule has 31 heavy (non-hydrogen) atoms. The van der Waals surface area contributed by atoms with Crippen molar-refractivity contribution >= 4 is 51.1 Å². The fourth-order valence-electron chi connectivity index (χ4n) is 3.11. The van der Waals surface area contributed by atoms with Crippen LogP contribution in [0.3, 0.4) is 0 Å². The normalized spacial score (nSPS) is 11.1. The summed E-state index contributed by atoms with van der Waals surface area (Å²) >= 11 is 2.95. The average Bonchev–Trinajstić information content (AvgIpc) is 3.40. The highest BCUT2D eigenvalue weighted by Gasteiger charge is 2.09. The summed E-state index contributed by atoms with van der Waals surface area (Å²) in [5.41, 5.74) is 3.19. The molecule has 0 bridgehead atoms. The van der Waals surface area contributed by atoms with E-state index in [2.05, 4.69) is 33.7 Å². The molecule has 0 fully saturated rings. The summed E-state index contributed by atoms with van der Waals surface area (Å²) in [6.07, 6.45) is 5.68. The van der Waals surface area contributed by atoms with Gasteiger partial charge in [0.2, 0.25) is 11.0 Å². The number of hydrogen-bond acceptors (Lipinski definition) is 6. The van der Waals surface area contributed by atoms with Gasteiger partial charge in [-0.3, -0.25) is 10.1 Å². The van der Waals surface area contributed by atoms with Crippen LogP contribution in [0.1, 0.15) is 17.5 Å². The van der Waals surface area contributed by atoms with Crippen LogP contribution in [-0.4, -0.2) is 20.7 Å². The van der Waals surface area contributed by atoms with Gasteiger partial charge >= 0.3 is 0 Å². The van der Waals surface area contributed by atoms with Crippen molar-refractivity contribution in [2.45, 2.75) is 23.1 Å². The van der Waals surface area contributed by atoms with Crippen LogP contribution >= 0.6 is 23.1 Å². The van der Waals surface area contributed by atoms with Gasteiger partial charge in [-0.15, -0.1) is 10.2 Å². The quantitative estimate of drug-likeness (QED) is 0.224. The van der Waals surface area contributed by atoms with Crippen LogP contribution in [-0.2, 0) is 17.1 Å². The molecule has 0 spiro atoms. The summed E-state index contributed by atoms with van der Waals surface area (Å²) < 4.78 is 2.85. The first-order valence-electron chi connectivity index (χ1n) is 9.67. The minimum absolute atomic E-state index is 0.260. The topological polar surface area (TPSA) is 83.6 Å². The van der Waals surface area contributed by atoms with Crippen molar-refractivity contribution in [1.82, 2.24) is 14.8 Å². The van der Waals surface area contributed by atoms with E-state index in [-0.39, 0.29) is 5.91 Å². The number of amides is 1. The largest absolute Gasteiger partial charge is 0.346 e. The van der Waals surface area contributed by atoms with Gasteiger partial charge in [0, 0.05) is 41.0 Å². The van der Waals surface area contributed by atoms with Crippen LogP contribution in [0.25, 0.3) is 17.0 Å². The molecule has 0 unspecified atom stereocenters. The van der Waals surface area contributed by atoms with E-state index in [1.54, 1.807) is 17.8 Å². The van der Waals surface area contributed by atoms with Gasteiger partial charge in [0.25, 0.3) is 0 Å². The lowest BCUT2D eigenvalue weighted by Crippen LogP contribution is -2.07. The molecule has 8 heteroatoms. The Hall–Kier alpha value is -3.41. The molecule has 0 atom stereocenters. The second-order valence-electron chi connectivity index (χ2n) is 6.67. The average molecular weight is 446 g/mol. The zero-order valence-electron chi connectivity index (χ0n) is 16.6. The number of benzene rings is 2. The Bertz CT molecular complexity index is 1250. The number of para-hydroxylation sites is 1. The fraction of sp³-hybridized carbons (Fsp3) is 0.130. The molecule has 0 saturated heterocycles. The number of aromatic nitrogens is 3.